The second-order valence-corrected chi connectivity index (χ2v) is 9.74. The van der Waals surface area contributed by atoms with Gasteiger partial charge in [0.25, 0.3) is 5.91 Å². The number of ketones is 1. The Morgan fingerprint density at radius 1 is 1.03 bits per heavy atom. The molecule has 6 rings (SSSR count). The van der Waals surface area contributed by atoms with E-state index in [0.29, 0.717) is 34.8 Å². The summed E-state index contributed by atoms with van der Waals surface area (Å²) in [5.74, 6) is 1.09. The molecule has 4 saturated carbocycles. The molecule has 2 aromatic rings. The highest BCUT2D eigenvalue weighted by Crippen LogP contribution is 2.63. The molecule has 0 spiro atoms. The molecule has 0 radical (unpaired) electrons. The van der Waals surface area contributed by atoms with Crippen molar-refractivity contribution in [1.82, 2.24) is 15.3 Å². The van der Waals surface area contributed by atoms with E-state index in [0.717, 1.165) is 32.1 Å². The maximum absolute atomic E-state index is 12.9. The van der Waals surface area contributed by atoms with E-state index < -0.39 is 0 Å². The Bertz CT molecular complexity index is 948. The van der Waals surface area contributed by atoms with Crippen molar-refractivity contribution >= 4 is 23.3 Å². The van der Waals surface area contributed by atoms with Crippen LogP contribution < -0.4 is 5.32 Å². The van der Waals surface area contributed by atoms with E-state index in [-0.39, 0.29) is 22.6 Å². The van der Waals surface area contributed by atoms with Crippen LogP contribution in [0.25, 0.3) is 0 Å². The molecule has 4 bridgehead atoms. The van der Waals surface area contributed by atoms with Crippen molar-refractivity contribution in [2.45, 2.75) is 50.5 Å². The molecule has 2 atom stereocenters. The van der Waals surface area contributed by atoms with Crippen LogP contribution in [0.3, 0.4) is 0 Å². The quantitative estimate of drug-likeness (QED) is 0.584. The van der Waals surface area contributed by atoms with Crippen molar-refractivity contribution in [2.75, 3.05) is 0 Å². The van der Waals surface area contributed by atoms with Crippen molar-refractivity contribution in [3.05, 3.63) is 59.1 Å². The largest absolute Gasteiger partial charge is 0.345 e. The molecule has 2 aromatic heterocycles. The molecular weight excluding hydrogens is 386 g/mol. The monoisotopic (exact) mass is 409 g/mol. The zero-order valence-corrected chi connectivity index (χ0v) is 17.0. The number of aromatic nitrogens is 2. The Morgan fingerprint density at radius 2 is 1.79 bits per heavy atom. The lowest BCUT2D eigenvalue weighted by molar-refractivity contribution is -0.0771. The van der Waals surface area contributed by atoms with Crippen LogP contribution >= 0.6 is 11.6 Å². The van der Waals surface area contributed by atoms with Crippen molar-refractivity contribution in [3.8, 4) is 0 Å². The van der Waals surface area contributed by atoms with Gasteiger partial charge in [0.2, 0.25) is 0 Å². The summed E-state index contributed by atoms with van der Waals surface area (Å²) < 4.78 is 0. The van der Waals surface area contributed by atoms with E-state index in [2.05, 4.69) is 15.3 Å². The second kappa shape index (κ2) is 6.91. The van der Waals surface area contributed by atoms with E-state index in [1.807, 2.05) is 12.1 Å². The van der Waals surface area contributed by atoms with Crippen molar-refractivity contribution in [3.63, 3.8) is 0 Å². The van der Waals surface area contributed by atoms with Gasteiger partial charge in [0.15, 0.2) is 5.78 Å². The third-order valence-electron chi connectivity index (χ3n) is 6.99. The molecule has 2 heterocycles. The highest BCUT2D eigenvalue weighted by Gasteiger charge is 2.58. The van der Waals surface area contributed by atoms with Crippen LogP contribution in [0.1, 0.15) is 65.9 Å². The first-order valence-corrected chi connectivity index (χ1v) is 10.7. The standard InChI is InChI=1S/C23H24ClN3O2/c24-20-6-3-5-18(26-20)21(29)27-23-11-15-8-16(12-23)10-22(9-15,14-23)13-19(28)17-4-1-2-7-25-17/h1-7,15-16H,8-14H2,(H,27,29). The first-order chi connectivity index (χ1) is 13.9. The Balaban J connectivity index is 1.38. The number of Topliss-reactive ketones (excluding diaryl/α,β-unsaturated/α-hetero) is 1. The molecule has 1 amide bonds. The van der Waals surface area contributed by atoms with Gasteiger partial charge in [0.1, 0.15) is 16.5 Å². The lowest BCUT2D eigenvalue weighted by atomic mass is 9.46. The van der Waals surface area contributed by atoms with Crippen LogP contribution in [0.2, 0.25) is 5.15 Å². The van der Waals surface area contributed by atoms with Crippen LogP contribution in [-0.2, 0) is 0 Å². The third-order valence-corrected chi connectivity index (χ3v) is 7.21. The summed E-state index contributed by atoms with van der Waals surface area (Å²) in [5, 5.41) is 3.64. The zero-order valence-electron chi connectivity index (χ0n) is 16.2. The molecule has 0 saturated heterocycles. The molecule has 4 aliphatic rings. The van der Waals surface area contributed by atoms with Crippen molar-refractivity contribution in [2.24, 2.45) is 17.3 Å². The fraction of sp³-hybridized carbons (Fsp3) is 0.478. The lowest BCUT2D eigenvalue weighted by Gasteiger charge is -2.62. The predicted molar refractivity (Wildman–Crippen MR) is 110 cm³/mol. The van der Waals surface area contributed by atoms with E-state index in [1.54, 1.807) is 30.5 Å². The SMILES string of the molecule is O=C(CC12CC3CC(C1)CC(NC(=O)c1cccc(Cl)n1)(C3)C2)c1ccccn1. The van der Waals surface area contributed by atoms with Crippen molar-refractivity contribution in [1.29, 1.82) is 0 Å². The van der Waals surface area contributed by atoms with Gasteiger partial charge in [-0.3, -0.25) is 14.6 Å². The summed E-state index contributed by atoms with van der Waals surface area (Å²) in [6.07, 6.45) is 8.41. The molecular formula is C23H24ClN3O2. The summed E-state index contributed by atoms with van der Waals surface area (Å²) in [6, 6.07) is 10.6. The minimum atomic E-state index is -0.241. The molecule has 1 N–H and O–H groups in total. The molecule has 29 heavy (non-hydrogen) atoms. The molecule has 4 aliphatic carbocycles. The van der Waals surface area contributed by atoms with Gasteiger partial charge >= 0.3 is 0 Å². The number of amides is 1. The van der Waals surface area contributed by atoms with Gasteiger partial charge in [0.05, 0.1) is 0 Å². The minimum absolute atomic E-state index is 0.0340. The second-order valence-electron chi connectivity index (χ2n) is 9.36. The van der Waals surface area contributed by atoms with Gasteiger partial charge < -0.3 is 5.32 Å². The van der Waals surface area contributed by atoms with Crippen molar-refractivity contribution < 1.29 is 9.59 Å². The summed E-state index contributed by atoms with van der Waals surface area (Å²) in [7, 11) is 0. The summed E-state index contributed by atoms with van der Waals surface area (Å²) >= 11 is 5.97. The van der Waals surface area contributed by atoms with Crippen LogP contribution in [0, 0.1) is 17.3 Å². The van der Waals surface area contributed by atoms with Crippen LogP contribution in [0.4, 0.5) is 0 Å². The number of nitrogens with zero attached hydrogens (tertiary/aromatic N) is 2. The summed E-state index contributed by atoms with van der Waals surface area (Å²) in [5.41, 5.74) is 0.625. The predicted octanol–water partition coefficient (Wildman–Crippen LogP) is 4.47. The van der Waals surface area contributed by atoms with Gasteiger partial charge in [0, 0.05) is 18.2 Å². The van der Waals surface area contributed by atoms with Gasteiger partial charge in [-0.1, -0.05) is 23.7 Å². The zero-order chi connectivity index (χ0) is 20.1. The number of carbonyl (C=O) groups excluding carboxylic acids is 2. The molecule has 5 nitrogen and oxygen atoms in total. The van der Waals surface area contributed by atoms with E-state index >= 15 is 0 Å². The Labute approximate surface area is 175 Å². The highest BCUT2D eigenvalue weighted by molar-refractivity contribution is 6.29. The normalized spacial score (nSPS) is 32.2. The number of pyridine rings is 2. The number of carbonyl (C=O) groups is 2. The van der Waals surface area contributed by atoms with Gasteiger partial charge in [-0.2, -0.15) is 0 Å². The average Bonchev–Trinajstić information content (AvgIpc) is 2.67. The number of nitrogens with one attached hydrogen (secondary N) is 1. The maximum atomic E-state index is 12.9. The molecule has 150 valence electrons. The first-order valence-electron chi connectivity index (χ1n) is 10.3. The lowest BCUT2D eigenvalue weighted by Crippen LogP contribution is -2.63. The minimum Gasteiger partial charge on any atom is -0.345 e. The van der Waals surface area contributed by atoms with Crippen LogP contribution in [0.15, 0.2) is 42.6 Å². The molecule has 0 aliphatic heterocycles. The van der Waals surface area contributed by atoms with Gasteiger partial charge in [-0.25, -0.2) is 4.98 Å². The smallest absolute Gasteiger partial charge is 0.270 e. The first kappa shape index (κ1) is 18.7. The number of hydrogen-bond donors (Lipinski definition) is 1. The van der Waals surface area contributed by atoms with E-state index in [9.17, 15) is 9.59 Å². The third kappa shape index (κ3) is 3.57. The molecule has 6 heteroatoms. The van der Waals surface area contributed by atoms with Gasteiger partial charge in [-0.15, -0.1) is 0 Å². The maximum Gasteiger partial charge on any atom is 0.270 e. The number of hydrogen-bond acceptors (Lipinski definition) is 4. The molecule has 2 unspecified atom stereocenters. The fourth-order valence-electron chi connectivity index (χ4n) is 6.60. The molecule has 4 fully saturated rings. The fourth-order valence-corrected chi connectivity index (χ4v) is 6.77. The number of rotatable bonds is 5. The summed E-state index contributed by atoms with van der Waals surface area (Å²) in [6.45, 7) is 0. The van der Waals surface area contributed by atoms with E-state index in [1.165, 1.54) is 6.42 Å². The summed E-state index contributed by atoms with van der Waals surface area (Å²) in [4.78, 5) is 34.3. The molecule has 0 aromatic carbocycles. The number of halogens is 1. The topological polar surface area (TPSA) is 72.0 Å². The van der Waals surface area contributed by atoms with Crippen LogP contribution in [0.5, 0.6) is 0 Å². The highest BCUT2D eigenvalue weighted by atomic mass is 35.5. The Kier molecular flexibility index (Phi) is 4.46. The Hall–Kier alpha value is -2.27. The average molecular weight is 410 g/mol. The van der Waals surface area contributed by atoms with Crippen LogP contribution in [-0.4, -0.2) is 27.2 Å². The Morgan fingerprint density at radius 3 is 2.48 bits per heavy atom. The van der Waals surface area contributed by atoms with E-state index in [4.69, 9.17) is 11.6 Å². The van der Waals surface area contributed by atoms with Gasteiger partial charge in [-0.05, 0) is 80.0 Å².